The molecule has 2 aliphatic rings. The highest BCUT2D eigenvalue weighted by Gasteiger charge is 2.29. The number of carbonyl (C=O) groups excluding carboxylic acids is 1. The second-order valence-corrected chi connectivity index (χ2v) is 4.79. The molecule has 0 aromatic carbocycles. The van der Waals surface area contributed by atoms with E-state index in [1.165, 1.54) is 12.8 Å². The molecule has 2 rings (SSSR count). The van der Waals surface area contributed by atoms with Crippen molar-refractivity contribution in [3.05, 3.63) is 0 Å². The van der Waals surface area contributed by atoms with Crippen molar-refractivity contribution in [1.29, 1.82) is 0 Å². The number of likely N-dealkylation sites (tertiary alicyclic amines) is 1. The maximum Gasteiger partial charge on any atom is 0.222 e. The lowest BCUT2D eigenvalue weighted by Crippen LogP contribution is -2.49. The maximum atomic E-state index is 11.8. The molecule has 1 amide bonds. The van der Waals surface area contributed by atoms with Crippen LogP contribution < -0.4 is 5.32 Å². The van der Waals surface area contributed by atoms with E-state index >= 15 is 0 Å². The number of hydrogen-bond acceptors (Lipinski definition) is 3. The monoisotopic (exact) mass is 225 g/mol. The molecule has 2 fully saturated rings. The van der Waals surface area contributed by atoms with Crippen molar-refractivity contribution in [3.63, 3.8) is 0 Å². The van der Waals surface area contributed by atoms with Gasteiger partial charge in [-0.25, -0.2) is 0 Å². The van der Waals surface area contributed by atoms with Gasteiger partial charge in [-0.05, 0) is 12.8 Å². The zero-order valence-electron chi connectivity index (χ0n) is 10.2. The summed E-state index contributed by atoms with van der Waals surface area (Å²) in [6.45, 7) is 8.46. The molecule has 0 bridgehead atoms. The molecule has 2 aliphatic heterocycles. The largest absolute Gasteiger partial charge is 0.338 e. The van der Waals surface area contributed by atoms with E-state index in [1.807, 2.05) is 6.92 Å². The van der Waals surface area contributed by atoms with Crippen LogP contribution in [0.15, 0.2) is 0 Å². The Balaban J connectivity index is 1.85. The van der Waals surface area contributed by atoms with Crippen LogP contribution in [0.2, 0.25) is 0 Å². The number of hydrogen-bond donors (Lipinski definition) is 1. The van der Waals surface area contributed by atoms with Crippen LogP contribution in [0.4, 0.5) is 0 Å². The molecule has 4 nitrogen and oxygen atoms in total. The third-order valence-corrected chi connectivity index (χ3v) is 3.68. The number of carbonyl (C=O) groups is 1. The Hall–Kier alpha value is -0.610. The Morgan fingerprint density at radius 3 is 2.75 bits per heavy atom. The molecule has 0 aromatic rings. The van der Waals surface area contributed by atoms with Crippen LogP contribution in [0.5, 0.6) is 0 Å². The number of nitrogens with one attached hydrogen (secondary N) is 1. The van der Waals surface area contributed by atoms with Gasteiger partial charge < -0.3 is 10.2 Å². The van der Waals surface area contributed by atoms with E-state index in [0.717, 1.165) is 39.3 Å². The fourth-order valence-electron chi connectivity index (χ4n) is 2.75. The summed E-state index contributed by atoms with van der Waals surface area (Å²) in [5, 5.41) is 3.36. The van der Waals surface area contributed by atoms with Crippen molar-refractivity contribution in [1.82, 2.24) is 15.1 Å². The smallest absolute Gasteiger partial charge is 0.222 e. The normalized spacial score (nSPS) is 27.3. The van der Waals surface area contributed by atoms with Gasteiger partial charge in [0, 0.05) is 51.7 Å². The van der Waals surface area contributed by atoms with Crippen molar-refractivity contribution >= 4 is 5.91 Å². The lowest BCUT2D eigenvalue weighted by atomic mass is 10.2. The summed E-state index contributed by atoms with van der Waals surface area (Å²) in [6, 6.07) is 0.477. The van der Waals surface area contributed by atoms with Crippen LogP contribution in [0, 0.1) is 0 Å². The second-order valence-electron chi connectivity index (χ2n) is 4.79. The van der Waals surface area contributed by atoms with Crippen LogP contribution in [0.1, 0.15) is 26.2 Å². The molecule has 2 saturated heterocycles. The quantitative estimate of drug-likeness (QED) is 0.750. The van der Waals surface area contributed by atoms with Gasteiger partial charge in [-0.2, -0.15) is 0 Å². The molecule has 0 saturated carbocycles. The van der Waals surface area contributed by atoms with E-state index in [4.69, 9.17) is 0 Å². The first-order valence-electron chi connectivity index (χ1n) is 6.54. The van der Waals surface area contributed by atoms with E-state index in [1.54, 1.807) is 0 Å². The first kappa shape index (κ1) is 11.9. The van der Waals surface area contributed by atoms with Gasteiger partial charge in [0.05, 0.1) is 0 Å². The Labute approximate surface area is 98.0 Å². The highest BCUT2D eigenvalue weighted by Crippen LogP contribution is 2.19. The average molecular weight is 225 g/mol. The first-order valence-corrected chi connectivity index (χ1v) is 6.54. The highest BCUT2D eigenvalue weighted by atomic mass is 16.2. The predicted octanol–water partition coefficient (Wildman–Crippen LogP) is 0.293. The highest BCUT2D eigenvalue weighted by molar-refractivity contribution is 5.76. The number of rotatable bonds is 3. The van der Waals surface area contributed by atoms with Gasteiger partial charge in [0.25, 0.3) is 0 Å². The summed E-state index contributed by atoms with van der Waals surface area (Å²) < 4.78 is 0. The molecule has 0 aromatic heterocycles. The zero-order chi connectivity index (χ0) is 11.4. The molecule has 1 N–H and O–H groups in total. The van der Waals surface area contributed by atoms with Crippen LogP contribution in [-0.2, 0) is 4.79 Å². The van der Waals surface area contributed by atoms with Gasteiger partial charge in [-0.15, -0.1) is 0 Å². The molecule has 0 spiro atoms. The van der Waals surface area contributed by atoms with E-state index < -0.39 is 0 Å². The van der Waals surface area contributed by atoms with Crippen LogP contribution >= 0.6 is 0 Å². The average Bonchev–Trinajstić information content (AvgIpc) is 2.77. The number of amides is 1. The summed E-state index contributed by atoms with van der Waals surface area (Å²) in [5.41, 5.74) is 0. The summed E-state index contributed by atoms with van der Waals surface area (Å²) in [6.07, 6.45) is 3.02. The Morgan fingerprint density at radius 1 is 1.31 bits per heavy atom. The molecule has 0 radical (unpaired) electrons. The van der Waals surface area contributed by atoms with Gasteiger partial charge >= 0.3 is 0 Å². The van der Waals surface area contributed by atoms with Gasteiger partial charge in [0.15, 0.2) is 0 Å². The fourth-order valence-corrected chi connectivity index (χ4v) is 2.75. The molecule has 4 heteroatoms. The maximum absolute atomic E-state index is 11.8. The minimum atomic E-state index is 0.331. The molecule has 0 aliphatic carbocycles. The van der Waals surface area contributed by atoms with Crippen LogP contribution in [0.3, 0.4) is 0 Å². The summed E-state index contributed by atoms with van der Waals surface area (Å²) in [7, 11) is 0. The topological polar surface area (TPSA) is 35.6 Å². The van der Waals surface area contributed by atoms with Crippen LogP contribution in [0.25, 0.3) is 0 Å². The van der Waals surface area contributed by atoms with Gasteiger partial charge in [-0.1, -0.05) is 6.92 Å². The van der Waals surface area contributed by atoms with Crippen molar-refractivity contribution in [2.75, 3.05) is 39.3 Å². The van der Waals surface area contributed by atoms with E-state index in [9.17, 15) is 4.79 Å². The Bertz CT molecular complexity index is 238. The summed E-state index contributed by atoms with van der Waals surface area (Å²) >= 11 is 0. The van der Waals surface area contributed by atoms with Crippen molar-refractivity contribution in [2.24, 2.45) is 0 Å². The molecule has 1 atom stereocenters. The molecular formula is C12H23N3O. The van der Waals surface area contributed by atoms with Crippen molar-refractivity contribution < 1.29 is 4.79 Å². The van der Waals surface area contributed by atoms with Gasteiger partial charge in [0.1, 0.15) is 0 Å². The van der Waals surface area contributed by atoms with E-state index in [-0.39, 0.29) is 0 Å². The second kappa shape index (κ2) is 5.64. The molecule has 2 heterocycles. The number of piperazine rings is 1. The molecule has 1 unspecified atom stereocenters. The Morgan fingerprint density at radius 2 is 2.06 bits per heavy atom. The summed E-state index contributed by atoms with van der Waals surface area (Å²) in [4.78, 5) is 16.3. The zero-order valence-corrected chi connectivity index (χ0v) is 10.2. The third kappa shape index (κ3) is 2.74. The minimum Gasteiger partial charge on any atom is -0.338 e. The minimum absolute atomic E-state index is 0.331. The molecule has 92 valence electrons. The lowest BCUT2D eigenvalue weighted by Gasteiger charge is -2.33. The third-order valence-electron chi connectivity index (χ3n) is 3.68. The van der Waals surface area contributed by atoms with Crippen molar-refractivity contribution in [3.8, 4) is 0 Å². The Kier molecular flexibility index (Phi) is 4.18. The fraction of sp³-hybridized carbons (Fsp3) is 0.917. The standard InChI is InChI=1S/C12H23N3O/c1-2-12(16)15-7-3-4-11(15)10-14-8-5-13-6-9-14/h11,13H,2-10H2,1H3. The predicted molar refractivity (Wildman–Crippen MR) is 64.3 cm³/mol. The molecule has 16 heavy (non-hydrogen) atoms. The first-order chi connectivity index (χ1) is 7.81. The lowest BCUT2D eigenvalue weighted by molar-refractivity contribution is -0.132. The summed E-state index contributed by atoms with van der Waals surface area (Å²) in [5.74, 6) is 0.331. The number of nitrogens with zero attached hydrogens (tertiary/aromatic N) is 2. The van der Waals surface area contributed by atoms with E-state index in [2.05, 4.69) is 15.1 Å². The van der Waals surface area contributed by atoms with E-state index in [0.29, 0.717) is 18.4 Å². The van der Waals surface area contributed by atoms with Crippen molar-refractivity contribution in [2.45, 2.75) is 32.2 Å². The van der Waals surface area contributed by atoms with Gasteiger partial charge in [-0.3, -0.25) is 9.69 Å². The molecular weight excluding hydrogens is 202 g/mol. The SMILES string of the molecule is CCC(=O)N1CCCC1CN1CCNCC1. The van der Waals surface area contributed by atoms with Crippen LogP contribution in [-0.4, -0.2) is 61.0 Å². The van der Waals surface area contributed by atoms with Gasteiger partial charge in [0.2, 0.25) is 5.91 Å².